The summed E-state index contributed by atoms with van der Waals surface area (Å²) < 4.78 is 12.3. The second-order valence-corrected chi connectivity index (χ2v) is 10.4. The van der Waals surface area contributed by atoms with Crippen molar-refractivity contribution < 1.29 is 9.47 Å². The second-order valence-electron chi connectivity index (χ2n) is 10.4. The predicted octanol–water partition coefficient (Wildman–Crippen LogP) is 8.06. The minimum Gasteiger partial charge on any atom is -0.486 e. The Morgan fingerprint density at radius 3 is 1.95 bits per heavy atom. The molecule has 0 saturated heterocycles. The Hall–Kier alpha value is -4.18. The molecule has 0 bridgehead atoms. The number of hydrogen-bond donors (Lipinski definition) is 0. The summed E-state index contributed by atoms with van der Waals surface area (Å²) in [4.78, 5) is 9.77. The highest BCUT2D eigenvalue weighted by Crippen LogP contribution is 2.34. The predicted molar refractivity (Wildman–Crippen MR) is 150 cm³/mol. The van der Waals surface area contributed by atoms with Crippen molar-refractivity contribution in [1.29, 1.82) is 0 Å². The molecule has 5 rings (SSSR count). The number of rotatable bonds is 7. The van der Waals surface area contributed by atoms with Gasteiger partial charge in [-0.15, -0.1) is 0 Å². The van der Waals surface area contributed by atoms with Gasteiger partial charge in [0.2, 0.25) is 5.88 Å². The number of aromatic nitrogens is 2. The number of nitrogens with zero attached hydrogens (tertiary/aromatic N) is 2. The number of pyridine rings is 2. The Bertz CT molecular complexity index is 1510. The van der Waals surface area contributed by atoms with Gasteiger partial charge < -0.3 is 9.47 Å². The van der Waals surface area contributed by atoms with Crippen LogP contribution in [0.25, 0.3) is 22.3 Å². The zero-order chi connectivity index (χ0) is 25.8. The van der Waals surface area contributed by atoms with Gasteiger partial charge in [-0.1, -0.05) is 99.6 Å². The zero-order valence-electron chi connectivity index (χ0n) is 21.9. The van der Waals surface area contributed by atoms with Crippen LogP contribution in [0.15, 0.2) is 97.1 Å². The molecule has 0 radical (unpaired) electrons. The standard InChI is InChI=1S/C33H32N2O2/c1-23-19-26(33(2,3)4)15-16-27(23)29-20-30(36-21-24-11-7-5-8-12-24)32-28(34-29)17-18-31(35-32)37-22-25-13-9-6-10-14-25/h5-20H,21-22H2,1-4H3. The van der Waals surface area contributed by atoms with Crippen LogP contribution >= 0.6 is 0 Å². The molecule has 0 aliphatic carbocycles. The Labute approximate surface area is 219 Å². The Kier molecular flexibility index (Phi) is 6.91. The summed E-state index contributed by atoms with van der Waals surface area (Å²) in [6.45, 7) is 9.72. The second kappa shape index (κ2) is 10.4. The summed E-state index contributed by atoms with van der Waals surface area (Å²) in [5, 5.41) is 0. The van der Waals surface area contributed by atoms with Crippen LogP contribution in [0.3, 0.4) is 0 Å². The fraction of sp³-hybridized carbons (Fsp3) is 0.212. The van der Waals surface area contributed by atoms with Crippen molar-refractivity contribution in [2.75, 3.05) is 0 Å². The molecule has 0 saturated carbocycles. The molecular formula is C33H32N2O2. The van der Waals surface area contributed by atoms with Crippen LogP contribution < -0.4 is 9.47 Å². The highest BCUT2D eigenvalue weighted by Gasteiger charge is 2.17. The van der Waals surface area contributed by atoms with E-state index in [1.54, 1.807) is 0 Å². The molecule has 37 heavy (non-hydrogen) atoms. The van der Waals surface area contributed by atoms with Gasteiger partial charge in [-0.3, -0.25) is 0 Å². The SMILES string of the molecule is Cc1cc(C(C)(C)C)ccc1-c1cc(OCc2ccccc2)c2nc(OCc3ccccc3)ccc2n1. The average Bonchev–Trinajstić information content (AvgIpc) is 2.91. The summed E-state index contributed by atoms with van der Waals surface area (Å²) in [6, 6.07) is 32.7. The summed E-state index contributed by atoms with van der Waals surface area (Å²) in [5.74, 6) is 1.23. The molecule has 0 aliphatic rings. The average molecular weight is 489 g/mol. The highest BCUT2D eigenvalue weighted by atomic mass is 16.5. The fourth-order valence-electron chi connectivity index (χ4n) is 4.27. The van der Waals surface area contributed by atoms with Crippen molar-refractivity contribution in [2.45, 2.75) is 46.3 Å². The van der Waals surface area contributed by atoms with Crippen molar-refractivity contribution in [2.24, 2.45) is 0 Å². The first-order valence-corrected chi connectivity index (χ1v) is 12.6. The van der Waals surface area contributed by atoms with Gasteiger partial charge in [-0.2, -0.15) is 0 Å². The number of fused-ring (bicyclic) bond motifs is 1. The molecule has 2 aromatic heterocycles. The molecule has 0 fully saturated rings. The van der Waals surface area contributed by atoms with Crippen LogP contribution in [0.1, 0.15) is 43.0 Å². The summed E-state index contributed by atoms with van der Waals surface area (Å²) >= 11 is 0. The largest absolute Gasteiger partial charge is 0.486 e. The molecule has 186 valence electrons. The molecule has 0 aliphatic heterocycles. The highest BCUT2D eigenvalue weighted by molar-refractivity contribution is 5.85. The van der Waals surface area contributed by atoms with Crippen molar-refractivity contribution in [3.05, 3.63) is 119 Å². The number of ether oxygens (including phenoxy) is 2. The summed E-state index contributed by atoms with van der Waals surface area (Å²) in [6.07, 6.45) is 0. The third-order valence-electron chi connectivity index (χ3n) is 6.43. The van der Waals surface area contributed by atoms with Crippen molar-refractivity contribution >= 4 is 11.0 Å². The maximum atomic E-state index is 6.35. The van der Waals surface area contributed by atoms with E-state index in [1.165, 1.54) is 11.1 Å². The Morgan fingerprint density at radius 1 is 0.676 bits per heavy atom. The van der Waals surface area contributed by atoms with Crippen LogP contribution in [-0.2, 0) is 18.6 Å². The lowest BCUT2D eigenvalue weighted by molar-refractivity contribution is 0.292. The van der Waals surface area contributed by atoms with E-state index >= 15 is 0 Å². The molecule has 0 N–H and O–H groups in total. The van der Waals surface area contributed by atoms with Gasteiger partial charge >= 0.3 is 0 Å². The monoisotopic (exact) mass is 488 g/mol. The molecular weight excluding hydrogens is 456 g/mol. The van der Waals surface area contributed by atoms with E-state index in [0.717, 1.165) is 27.9 Å². The van der Waals surface area contributed by atoms with E-state index in [1.807, 2.05) is 66.7 Å². The molecule has 0 amide bonds. The minimum absolute atomic E-state index is 0.0874. The van der Waals surface area contributed by atoms with Gasteiger partial charge in [-0.05, 0) is 40.7 Å². The van der Waals surface area contributed by atoms with Gasteiger partial charge in [0, 0.05) is 17.7 Å². The van der Waals surface area contributed by atoms with Crippen molar-refractivity contribution in [1.82, 2.24) is 9.97 Å². The minimum atomic E-state index is 0.0874. The molecule has 5 aromatic rings. The first-order valence-electron chi connectivity index (χ1n) is 12.6. The molecule has 2 heterocycles. The quantitative estimate of drug-likeness (QED) is 0.232. The van der Waals surface area contributed by atoms with Crippen LogP contribution in [0.5, 0.6) is 11.6 Å². The molecule has 4 heteroatoms. The molecule has 0 spiro atoms. The van der Waals surface area contributed by atoms with Gasteiger partial charge in [0.25, 0.3) is 0 Å². The topological polar surface area (TPSA) is 44.2 Å². The van der Waals surface area contributed by atoms with Crippen molar-refractivity contribution in [3.63, 3.8) is 0 Å². The van der Waals surface area contributed by atoms with Crippen molar-refractivity contribution in [3.8, 4) is 22.9 Å². The van der Waals surface area contributed by atoms with Gasteiger partial charge in [0.1, 0.15) is 24.5 Å². The van der Waals surface area contributed by atoms with Gasteiger partial charge in [-0.25, -0.2) is 9.97 Å². The Balaban J connectivity index is 1.52. The molecule has 4 nitrogen and oxygen atoms in total. The smallest absolute Gasteiger partial charge is 0.214 e. The lowest BCUT2D eigenvalue weighted by Gasteiger charge is -2.21. The van der Waals surface area contributed by atoms with Gasteiger partial charge in [0.05, 0.1) is 11.2 Å². The van der Waals surface area contributed by atoms with Crippen LogP contribution in [0.4, 0.5) is 0 Å². The number of benzene rings is 3. The summed E-state index contributed by atoms with van der Waals surface area (Å²) in [7, 11) is 0. The first kappa shape index (κ1) is 24.5. The molecule has 0 atom stereocenters. The number of aryl methyl sites for hydroxylation is 1. The van der Waals surface area contributed by atoms with Crippen LogP contribution in [0, 0.1) is 6.92 Å². The van der Waals surface area contributed by atoms with E-state index in [9.17, 15) is 0 Å². The van der Waals surface area contributed by atoms with E-state index in [2.05, 4.69) is 58.0 Å². The molecule has 0 unspecified atom stereocenters. The molecule has 3 aromatic carbocycles. The third kappa shape index (κ3) is 5.80. The number of hydrogen-bond acceptors (Lipinski definition) is 4. The summed E-state index contributed by atoms with van der Waals surface area (Å²) in [5.41, 5.74) is 8.17. The third-order valence-corrected chi connectivity index (χ3v) is 6.43. The van der Waals surface area contributed by atoms with Gasteiger partial charge in [0.15, 0.2) is 0 Å². The van der Waals surface area contributed by atoms with E-state index in [0.29, 0.717) is 30.4 Å². The maximum Gasteiger partial charge on any atom is 0.214 e. The van der Waals surface area contributed by atoms with Crippen LogP contribution in [0.2, 0.25) is 0 Å². The van der Waals surface area contributed by atoms with E-state index in [4.69, 9.17) is 19.4 Å². The zero-order valence-corrected chi connectivity index (χ0v) is 21.9. The van der Waals surface area contributed by atoms with E-state index in [-0.39, 0.29) is 5.41 Å². The van der Waals surface area contributed by atoms with E-state index < -0.39 is 0 Å². The first-order chi connectivity index (χ1) is 17.9. The van der Waals surface area contributed by atoms with Crippen LogP contribution in [-0.4, -0.2) is 9.97 Å². The lowest BCUT2D eigenvalue weighted by Crippen LogP contribution is -2.11. The fourth-order valence-corrected chi connectivity index (χ4v) is 4.27. The normalized spacial score (nSPS) is 11.5. The maximum absolute atomic E-state index is 6.35. The lowest BCUT2D eigenvalue weighted by atomic mass is 9.85. The Morgan fingerprint density at radius 2 is 1.32 bits per heavy atom.